The average molecular weight is 356 g/mol. The van der Waals surface area contributed by atoms with Crippen LogP contribution in [-0.4, -0.2) is 51.7 Å². The van der Waals surface area contributed by atoms with Crippen molar-refractivity contribution in [1.29, 1.82) is 0 Å². The number of furan rings is 1. The molecule has 1 aromatic carbocycles. The van der Waals surface area contributed by atoms with Gasteiger partial charge in [-0.1, -0.05) is 12.1 Å². The lowest BCUT2D eigenvalue weighted by Gasteiger charge is -2.23. The minimum atomic E-state index is 0.153. The summed E-state index contributed by atoms with van der Waals surface area (Å²) in [5.74, 6) is 2.78. The first kappa shape index (κ1) is 18.3. The third kappa shape index (κ3) is 4.58. The second-order valence-corrected chi connectivity index (χ2v) is 6.67. The molecule has 0 bridgehead atoms. The van der Waals surface area contributed by atoms with Crippen molar-refractivity contribution in [2.45, 2.75) is 18.9 Å². The Morgan fingerprint density at radius 3 is 2.88 bits per heavy atom. The van der Waals surface area contributed by atoms with Crippen LogP contribution in [0, 0.1) is 0 Å². The van der Waals surface area contributed by atoms with Crippen molar-refractivity contribution < 1.29 is 9.15 Å². The highest BCUT2D eigenvalue weighted by atomic mass is 16.5. The van der Waals surface area contributed by atoms with Crippen LogP contribution in [0.15, 0.2) is 46.0 Å². The highest BCUT2D eigenvalue weighted by Gasteiger charge is 2.17. The summed E-state index contributed by atoms with van der Waals surface area (Å²) in [5.41, 5.74) is 2.64. The number of rotatable bonds is 7. The van der Waals surface area contributed by atoms with Gasteiger partial charge in [-0.3, -0.25) is 9.89 Å². The number of ether oxygens (including phenoxy) is 1. The van der Waals surface area contributed by atoms with Crippen LogP contribution >= 0.6 is 0 Å². The molecule has 6 nitrogen and oxygen atoms in total. The summed E-state index contributed by atoms with van der Waals surface area (Å²) >= 11 is 0. The molecule has 0 spiro atoms. The molecular formula is C20H28N4O2. The zero-order valence-electron chi connectivity index (χ0n) is 15.8. The molecule has 3 rings (SSSR count). The number of hydrogen-bond donors (Lipinski definition) is 2. The van der Waals surface area contributed by atoms with E-state index >= 15 is 0 Å². The molecule has 2 aromatic rings. The normalized spacial score (nSPS) is 14.8. The van der Waals surface area contributed by atoms with Crippen LogP contribution in [-0.2, 0) is 12.8 Å². The van der Waals surface area contributed by atoms with Gasteiger partial charge in [0.05, 0.1) is 18.9 Å². The van der Waals surface area contributed by atoms with Crippen LogP contribution in [0.3, 0.4) is 0 Å². The smallest absolute Gasteiger partial charge is 0.191 e. The summed E-state index contributed by atoms with van der Waals surface area (Å²) in [6.45, 7) is 2.35. The lowest BCUT2D eigenvalue weighted by Crippen LogP contribution is -2.42. The standard InChI is InChI=1S/C20H28N4O2/c1-21-20(23-14-17(24(2)3)19-5-4-11-25-19)22-10-8-15-6-7-18-16(13-15)9-12-26-18/h4-7,11,13,17H,8-10,12,14H2,1-3H3,(H2,21,22,23). The van der Waals surface area contributed by atoms with Crippen molar-refractivity contribution in [2.75, 3.05) is 40.8 Å². The van der Waals surface area contributed by atoms with E-state index in [2.05, 4.69) is 38.7 Å². The first-order valence-corrected chi connectivity index (χ1v) is 9.06. The quantitative estimate of drug-likeness (QED) is 0.588. The first-order chi connectivity index (χ1) is 12.7. The Labute approximate surface area is 155 Å². The van der Waals surface area contributed by atoms with Gasteiger partial charge in [0.2, 0.25) is 0 Å². The molecular weight excluding hydrogens is 328 g/mol. The number of fused-ring (bicyclic) bond motifs is 1. The highest BCUT2D eigenvalue weighted by molar-refractivity contribution is 5.79. The molecule has 6 heteroatoms. The van der Waals surface area contributed by atoms with Crippen LogP contribution in [0.2, 0.25) is 0 Å². The van der Waals surface area contributed by atoms with Crippen LogP contribution in [0.5, 0.6) is 5.75 Å². The molecule has 1 unspecified atom stereocenters. The van der Waals surface area contributed by atoms with Crippen molar-refractivity contribution in [2.24, 2.45) is 4.99 Å². The molecule has 0 amide bonds. The Morgan fingerprint density at radius 2 is 2.15 bits per heavy atom. The van der Waals surface area contributed by atoms with E-state index in [4.69, 9.17) is 9.15 Å². The molecule has 1 aliphatic rings. The lowest BCUT2D eigenvalue weighted by molar-refractivity contribution is 0.258. The number of nitrogens with one attached hydrogen (secondary N) is 2. The van der Waals surface area contributed by atoms with Crippen LogP contribution < -0.4 is 15.4 Å². The average Bonchev–Trinajstić information content (AvgIpc) is 3.31. The van der Waals surface area contributed by atoms with Crippen molar-refractivity contribution >= 4 is 5.96 Å². The molecule has 0 saturated heterocycles. The van der Waals surface area contributed by atoms with Gasteiger partial charge in [-0.2, -0.15) is 0 Å². The predicted molar refractivity (Wildman–Crippen MR) is 104 cm³/mol. The fraction of sp³-hybridized carbons (Fsp3) is 0.450. The zero-order valence-corrected chi connectivity index (χ0v) is 15.8. The van der Waals surface area contributed by atoms with E-state index in [1.807, 2.05) is 26.2 Å². The Morgan fingerprint density at radius 1 is 1.27 bits per heavy atom. The van der Waals surface area contributed by atoms with E-state index in [9.17, 15) is 0 Å². The van der Waals surface area contributed by atoms with Crippen LogP contribution in [0.1, 0.15) is 22.9 Å². The number of nitrogens with zero attached hydrogens (tertiary/aromatic N) is 2. The van der Waals surface area contributed by atoms with E-state index in [0.29, 0.717) is 0 Å². The number of aliphatic imine (C=N–C) groups is 1. The monoisotopic (exact) mass is 356 g/mol. The molecule has 2 N–H and O–H groups in total. The molecule has 140 valence electrons. The van der Waals surface area contributed by atoms with Crippen molar-refractivity contribution in [3.8, 4) is 5.75 Å². The molecule has 2 heterocycles. The summed E-state index contributed by atoms with van der Waals surface area (Å²) in [6, 6.07) is 10.5. The first-order valence-electron chi connectivity index (χ1n) is 9.06. The summed E-state index contributed by atoms with van der Waals surface area (Å²) in [5, 5.41) is 6.77. The number of guanidine groups is 1. The van der Waals surface area contributed by atoms with Crippen molar-refractivity contribution in [3.05, 3.63) is 53.5 Å². The van der Waals surface area contributed by atoms with Crippen LogP contribution in [0.25, 0.3) is 0 Å². The maximum Gasteiger partial charge on any atom is 0.191 e. The van der Waals surface area contributed by atoms with Crippen molar-refractivity contribution in [1.82, 2.24) is 15.5 Å². The maximum absolute atomic E-state index is 5.56. The molecule has 0 saturated carbocycles. The lowest BCUT2D eigenvalue weighted by atomic mass is 10.1. The summed E-state index contributed by atoms with van der Waals surface area (Å²) in [6.07, 6.45) is 3.67. The minimum absolute atomic E-state index is 0.153. The largest absolute Gasteiger partial charge is 0.493 e. The van der Waals surface area contributed by atoms with Crippen molar-refractivity contribution in [3.63, 3.8) is 0 Å². The molecule has 26 heavy (non-hydrogen) atoms. The number of benzene rings is 1. The molecule has 0 fully saturated rings. The van der Waals surface area contributed by atoms with E-state index < -0.39 is 0 Å². The van der Waals surface area contributed by atoms with Gasteiger partial charge in [0, 0.05) is 26.6 Å². The molecule has 1 aliphatic heterocycles. The fourth-order valence-corrected chi connectivity index (χ4v) is 3.15. The van der Waals surface area contributed by atoms with E-state index in [1.54, 1.807) is 13.3 Å². The van der Waals surface area contributed by atoms with Gasteiger partial charge in [-0.05, 0) is 49.8 Å². The Hall–Kier alpha value is -2.47. The minimum Gasteiger partial charge on any atom is -0.493 e. The predicted octanol–water partition coefficient (Wildman–Crippen LogP) is 2.22. The third-order valence-corrected chi connectivity index (χ3v) is 4.64. The Bertz CT molecular complexity index is 725. The summed E-state index contributed by atoms with van der Waals surface area (Å²) < 4.78 is 11.1. The third-order valence-electron chi connectivity index (χ3n) is 4.64. The maximum atomic E-state index is 5.56. The molecule has 1 atom stereocenters. The van der Waals surface area contributed by atoms with E-state index in [-0.39, 0.29) is 6.04 Å². The van der Waals surface area contributed by atoms with Gasteiger partial charge >= 0.3 is 0 Å². The van der Waals surface area contributed by atoms with Gasteiger partial charge in [-0.15, -0.1) is 0 Å². The SMILES string of the molecule is CN=C(NCCc1ccc2c(c1)CCO2)NCC(c1ccco1)N(C)C. The Kier molecular flexibility index (Phi) is 6.17. The fourth-order valence-electron chi connectivity index (χ4n) is 3.15. The van der Waals surface area contributed by atoms with E-state index in [0.717, 1.165) is 50.0 Å². The summed E-state index contributed by atoms with van der Waals surface area (Å²) in [7, 11) is 5.88. The zero-order chi connectivity index (χ0) is 18.4. The van der Waals surface area contributed by atoms with Crippen LogP contribution in [0.4, 0.5) is 0 Å². The van der Waals surface area contributed by atoms with E-state index in [1.165, 1.54) is 11.1 Å². The number of hydrogen-bond acceptors (Lipinski definition) is 4. The Balaban J connectivity index is 1.47. The second-order valence-electron chi connectivity index (χ2n) is 6.67. The highest BCUT2D eigenvalue weighted by Crippen LogP contribution is 2.25. The summed E-state index contributed by atoms with van der Waals surface area (Å²) in [4.78, 5) is 6.45. The van der Waals surface area contributed by atoms with Gasteiger partial charge in [0.15, 0.2) is 5.96 Å². The number of likely N-dealkylation sites (N-methyl/N-ethyl adjacent to an activating group) is 1. The molecule has 1 aromatic heterocycles. The topological polar surface area (TPSA) is 62.0 Å². The van der Waals surface area contributed by atoms with Gasteiger partial charge in [0.25, 0.3) is 0 Å². The van der Waals surface area contributed by atoms with Gasteiger partial charge < -0.3 is 19.8 Å². The molecule has 0 aliphatic carbocycles. The van der Waals surface area contributed by atoms with Gasteiger partial charge in [0.1, 0.15) is 11.5 Å². The second kappa shape index (κ2) is 8.76. The van der Waals surface area contributed by atoms with Gasteiger partial charge in [-0.25, -0.2) is 0 Å². The molecule has 0 radical (unpaired) electrons.